The molecule has 13 heavy (non-hydrogen) atoms. The number of methoxy groups -OCH3 is 1. The predicted octanol–water partition coefficient (Wildman–Crippen LogP) is 2.07. The third kappa shape index (κ3) is 1.67. The Morgan fingerprint density at radius 2 is 2.46 bits per heavy atom. The van der Waals surface area contributed by atoms with Crippen LogP contribution in [0.4, 0.5) is 0 Å². The number of ketones is 1. The van der Waals surface area contributed by atoms with Crippen molar-refractivity contribution in [3.05, 3.63) is 21.4 Å². The molecule has 1 aliphatic carbocycles. The molecule has 0 fully saturated rings. The molecule has 1 aromatic rings. The van der Waals surface area contributed by atoms with Crippen molar-refractivity contribution in [3.8, 4) is 0 Å². The Hall–Kier alpha value is -0.670. The normalized spacial score (nSPS) is 14.5. The molecule has 1 heterocycles. The van der Waals surface area contributed by atoms with E-state index in [2.05, 4.69) is 0 Å². The van der Waals surface area contributed by atoms with Gasteiger partial charge < -0.3 is 4.74 Å². The quantitative estimate of drug-likeness (QED) is 0.692. The molecular formula is C10H12O2S. The van der Waals surface area contributed by atoms with E-state index in [9.17, 15) is 4.79 Å². The average molecular weight is 196 g/mol. The van der Waals surface area contributed by atoms with E-state index in [1.54, 1.807) is 18.4 Å². The molecule has 1 aromatic heterocycles. The second kappa shape index (κ2) is 3.60. The molecule has 0 saturated heterocycles. The minimum atomic E-state index is 0.113. The van der Waals surface area contributed by atoms with E-state index in [1.165, 1.54) is 16.9 Å². The topological polar surface area (TPSA) is 26.3 Å². The standard InChI is InChI=1S/C10H12O2S/c1-12-6-8(11)10-5-7-3-2-4-9(7)13-10/h5H,2-4,6H2,1H3. The van der Waals surface area contributed by atoms with E-state index in [0.29, 0.717) is 0 Å². The number of thiophene rings is 1. The molecule has 3 heteroatoms. The van der Waals surface area contributed by atoms with Gasteiger partial charge in [0.2, 0.25) is 0 Å². The number of ether oxygens (including phenoxy) is 1. The Labute approximate surface area is 81.5 Å². The Morgan fingerprint density at radius 3 is 3.15 bits per heavy atom. The van der Waals surface area contributed by atoms with Crippen LogP contribution in [-0.2, 0) is 17.6 Å². The second-order valence-electron chi connectivity index (χ2n) is 3.27. The summed E-state index contributed by atoms with van der Waals surface area (Å²) in [7, 11) is 1.55. The highest BCUT2D eigenvalue weighted by molar-refractivity contribution is 7.14. The van der Waals surface area contributed by atoms with E-state index in [1.807, 2.05) is 6.07 Å². The summed E-state index contributed by atoms with van der Waals surface area (Å²) in [5.41, 5.74) is 1.38. The van der Waals surface area contributed by atoms with Crippen molar-refractivity contribution in [1.82, 2.24) is 0 Å². The van der Waals surface area contributed by atoms with Crippen LogP contribution in [0.1, 0.15) is 26.5 Å². The first kappa shape index (κ1) is 8.91. The summed E-state index contributed by atoms with van der Waals surface area (Å²) in [6.07, 6.45) is 3.55. The molecule has 0 amide bonds. The summed E-state index contributed by atoms with van der Waals surface area (Å²) in [5.74, 6) is 0.113. The first-order valence-corrected chi connectivity index (χ1v) is 5.26. The number of hydrogen-bond acceptors (Lipinski definition) is 3. The SMILES string of the molecule is COCC(=O)c1cc2c(s1)CCC2. The maximum Gasteiger partial charge on any atom is 0.198 e. The summed E-state index contributed by atoms with van der Waals surface area (Å²) < 4.78 is 4.82. The molecule has 0 radical (unpaired) electrons. The molecule has 70 valence electrons. The van der Waals surface area contributed by atoms with Crippen LogP contribution in [0.25, 0.3) is 0 Å². The smallest absolute Gasteiger partial charge is 0.198 e. The van der Waals surface area contributed by atoms with Gasteiger partial charge in [-0.2, -0.15) is 0 Å². The zero-order valence-corrected chi connectivity index (χ0v) is 8.45. The highest BCUT2D eigenvalue weighted by atomic mass is 32.1. The minimum Gasteiger partial charge on any atom is -0.376 e. The molecule has 1 aliphatic rings. The van der Waals surface area contributed by atoms with Crippen molar-refractivity contribution in [2.24, 2.45) is 0 Å². The minimum absolute atomic E-state index is 0.113. The maximum absolute atomic E-state index is 11.4. The van der Waals surface area contributed by atoms with Crippen LogP contribution >= 0.6 is 11.3 Å². The number of rotatable bonds is 3. The van der Waals surface area contributed by atoms with Crippen LogP contribution in [-0.4, -0.2) is 19.5 Å². The van der Waals surface area contributed by atoms with Crippen molar-refractivity contribution in [1.29, 1.82) is 0 Å². The lowest BCUT2D eigenvalue weighted by Crippen LogP contribution is -2.04. The van der Waals surface area contributed by atoms with Crippen LogP contribution in [0, 0.1) is 0 Å². The van der Waals surface area contributed by atoms with E-state index in [0.717, 1.165) is 17.7 Å². The van der Waals surface area contributed by atoms with Crippen molar-refractivity contribution in [2.75, 3.05) is 13.7 Å². The van der Waals surface area contributed by atoms with Crippen molar-refractivity contribution < 1.29 is 9.53 Å². The average Bonchev–Trinajstić information content (AvgIpc) is 2.61. The second-order valence-corrected chi connectivity index (χ2v) is 4.41. The fourth-order valence-corrected chi connectivity index (χ4v) is 2.85. The van der Waals surface area contributed by atoms with Crippen LogP contribution in [0.15, 0.2) is 6.07 Å². The lowest BCUT2D eigenvalue weighted by Gasteiger charge is -1.94. The maximum atomic E-state index is 11.4. The summed E-state index contributed by atoms with van der Waals surface area (Å²) in [4.78, 5) is 13.7. The van der Waals surface area contributed by atoms with E-state index < -0.39 is 0 Å². The third-order valence-corrected chi connectivity index (χ3v) is 3.57. The molecule has 0 spiro atoms. The van der Waals surface area contributed by atoms with Crippen molar-refractivity contribution in [3.63, 3.8) is 0 Å². The van der Waals surface area contributed by atoms with Gasteiger partial charge in [-0.25, -0.2) is 0 Å². The van der Waals surface area contributed by atoms with Gasteiger partial charge in [0.15, 0.2) is 5.78 Å². The highest BCUT2D eigenvalue weighted by Gasteiger charge is 2.17. The van der Waals surface area contributed by atoms with Gasteiger partial charge in [-0.1, -0.05) is 0 Å². The number of fused-ring (bicyclic) bond motifs is 1. The molecule has 0 atom stereocenters. The van der Waals surface area contributed by atoms with E-state index in [4.69, 9.17) is 4.74 Å². The Kier molecular flexibility index (Phi) is 2.47. The number of carbonyl (C=O) groups is 1. The predicted molar refractivity (Wildman–Crippen MR) is 52.6 cm³/mol. The fourth-order valence-electron chi connectivity index (χ4n) is 1.67. The number of hydrogen-bond donors (Lipinski definition) is 0. The molecule has 0 aromatic carbocycles. The van der Waals surface area contributed by atoms with Gasteiger partial charge >= 0.3 is 0 Å². The van der Waals surface area contributed by atoms with Crippen molar-refractivity contribution in [2.45, 2.75) is 19.3 Å². The molecule has 0 N–H and O–H groups in total. The zero-order valence-electron chi connectivity index (χ0n) is 7.63. The summed E-state index contributed by atoms with van der Waals surface area (Å²) in [6, 6.07) is 2.04. The fraction of sp³-hybridized carbons (Fsp3) is 0.500. The van der Waals surface area contributed by atoms with Crippen LogP contribution in [0.5, 0.6) is 0 Å². The lowest BCUT2D eigenvalue weighted by molar-refractivity contribution is 0.0852. The number of carbonyl (C=O) groups excluding carboxylic acids is 1. The number of aryl methyl sites for hydroxylation is 2. The first-order chi connectivity index (χ1) is 6.31. The van der Waals surface area contributed by atoms with Crippen LogP contribution in [0.2, 0.25) is 0 Å². The van der Waals surface area contributed by atoms with Crippen LogP contribution < -0.4 is 0 Å². The Bertz CT molecular complexity index is 306. The van der Waals surface area contributed by atoms with Gasteiger partial charge in [0.05, 0.1) is 4.88 Å². The molecular weight excluding hydrogens is 184 g/mol. The summed E-state index contributed by atoms with van der Waals surface area (Å²) >= 11 is 1.64. The molecule has 0 unspecified atom stereocenters. The molecule has 2 rings (SSSR count). The van der Waals surface area contributed by atoms with Gasteiger partial charge in [-0.15, -0.1) is 11.3 Å². The zero-order chi connectivity index (χ0) is 9.26. The lowest BCUT2D eigenvalue weighted by atomic mass is 10.2. The molecule has 0 aliphatic heterocycles. The summed E-state index contributed by atoms with van der Waals surface area (Å²) in [6.45, 7) is 0.208. The number of Topliss-reactive ketones (excluding diaryl/α,β-unsaturated/α-hetero) is 1. The van der Waals surface area contributed by atoms with E-state index in [-0.39, 0.29) is 12.4 Å². The largest absolute Gasteiger partial charge is 0.376 e. The first-order valence-electron chi connectivity index (χ1n) is 4.45. The molecule has 0 bridgehead atoms. The monoisotopic (exact) mass is 196 g/mol. The van der Waals surface area contributed by atoms with Crippen LogP contribution in [0.3, 0.4) is 0 Å². The third-order valence-electron chi connectivity index (χ3n) is 2.30. The van der Waals surface area contributed by atoms with Gasteiger partial charge in [0.25, 0.3) is 0 Å². The highest BCUT2D eigenvalue weighted by Crippen LogP contribution is 2.30. The van der Waals surface area contributed by atoms with Gasteiger partial charge in [-0.3, -0.25) is 4.79 Å². The van der Waals surface area contributed by atoms with Gasteiger partial charge in [0.1, 0.15) is 6.61 Å². The van der Waals surface area contributed by atoms with Gasteiger partial charge in [0, 0.05) is 12.0 Å². The van der Waals surface area contributed by atoms with Gasteiger partial charge in [-0.05, 0) is 30.9 Å². The Balaban J connectivity index is 2.18. The van der Waals surface area contributed by atoms with Crippen molar-refractivity contribution >= 4 is 17.1 Å². The molecule has 2 nitrogen and oxygen atoms in total. The Morgan fingerprint density at radius 1 is 1.62 bits per heavy atom. The summed E-state index contributed by atoms with van der Waals surface area (Å²) in [5, 5.41) is 0. The molecule has 0 saturated carbocycles. The van der Waals surface area contributed by atoms with E-state index >= 15 is 0 Å².